The number of ketones is 1. The summed E-state index contributed by atoms with van der Waals surface area (Å²) in [6.45, 7) is 2.22. The number of rotatable bonds is 7. The summed E-state index contributed by atoms with van der Waals surface area (Å²) in [6, 6.07) is 0. The second-order valence-corrected chi connectivity index (χ2v) is 2.45. The number of carbonyl (C=O) groups excluding carboxylic acids is 2. The van der Waals surface area contributed by atoms with Crippen LogP contribution in [0, 0.1) is 0 Å². The van der Waals surface area contributed by atoms with E-state index >= 15 is 0 Å². The first-order chi connectivity index (χ1) is 5.31. The van der Waals surface area contributed by atoms with Crippen molar-refractivity contribution in [2.45, 2.75) is 32.6 Å². The molecule has 0 atom stereocenters. The SMILES string of the molecule is CCCCCC(=O)CN[C]=O. The van der Waals surface area contributed by atoms with Gasteiger partial charge in [0.25, 0.3) is 0 Å². The summed E-state index contributed by atoms with van der Waals surface area (Å²) in [5.41, 5.74) is 0. The molecule has 11 heavy (non-hydrogen) atoms. The Labute approximate surface area is 67.2 Å². The van der Waals surface area contributed by atoms with Crippen LogP contribution in [0.1, 0.15) is 32.6 Å². The Morgan fingerprint density at radius 3 is 2.73 bits per heavy atom. The molecule has 0 heterocycles. The van der Waals surface area contributed by atoms with E-state index in [0.717, 1.165) is 19.3 Å². The van der Waals surface area contributed by atoms with Crippen LogP contribution in [0.3, 0.4) is 0 Å². The van der Waals surface area contributed by atoms with Crippen molar-refractivity contribution in [2.75, 3.05) is 6.54 Å². The van der Waals surface area contributed by atoms with Gasteiger partial charge in [-0.1, -0.05) is 19.8 Å². The summed E-state index contributed by atoms with van der Waals surface area (Å²) < 4.78 is 0. The van der Waals surface area contributed by atoms with Gasteiger partial charge in [0.05, 0.1) is 6.54 Å². The van der Waals surface area contributed by atoms with Gasteiger partial charge < -0.3 is 5.32 Å². The highest BCUT2D eigenvalue weighted by molar-refractivity contribution is 5.81. The van der Waals surface area contributed by atoms with Crippen molar-refractivity contribution >= 4 is 12.2 Å². The van der Waals surface area contributed by atoms with Crippen molar-refractivity contribution in [3.05, 3.63) is 0 Å². The molecule has 0 rings (SSSR count). The quantitative estimate of drug-likeness (QED) is 0.437. The molecule has 0 saturated carbocycles. The smallest absolute Gasteiger partial charge is 0.309 e. The first-order valence-corrected chi connectivity index (χ1v) is 3.93. The fourth-order valence-corrected chi connectivity index (χ4v) is 0.795. The normalized spacial score (nSPS) is 9.18. The summed E-state index contributed by atoms with van der Waals surface area (Å²) in [5.74, 6) is 0.0850. The van der Waals surface area contributed by atoms with Gasteiger partial charge in [-0.25, -0.2) is 0 Å². The lowest BCUT2D eigenvalue weighted by Crippen LogP contribution is -2.20. The lowest BCUT2D eigenvalue weighted by molar-refractivity contribution is -0.118. The molecule has 0 saturated heterocycles. The zero-order valence-electron chi connectivity index (χ0n) is 6.85. The van der Waals surface area contributed by atoms with Crippen molar-refractivity contribution in [1.82, 2.24) is 5.32 Å². The lowest BCUT2D eigenvalue weighted by Gasteiger charge is -1.97. The molecular weight excluding hydrogens is 142 g/mol. The number of unbranched alkanes of at least 4 members (excludes halogenated alkanes) is 2. The number of Topliss-reactive ketones (excluding diaryl/α,β-unsaturated/α-hetero) is 1. The van der Waals surface area contributed by atoms with Gasteiger partial charge in [0, 0.05) is 6.42 Å². The zero-order chi connectivity index (χ0) is 8.53. The zero-order valence-corrected chi connectivity index (χ0v) is 6.85. The Kier molecular flexibility index (Phi) is 6.68. The maximum absolute atomic E-state index is 10.8. The fraction of sp³-hybridized carbons (Fsp3) is 0.750. The van der Waals surface area contributed by atoms with Gasteiger partial charge in [0.2, 0.25) is 0 Å². The third kappa shape index (κ3) is 7.03. The summed E-state index contributed by atoms with van der Waals surface area (Å²) in [6.07, 6.45) is 5.16. The number of carbonyl (C=O) groups is 1. The van der Waals surface area contributed by atoms with Gasteiger partial charge in [-0.3, -0.25) is 9.59 Å². The molecule has 0 bridgehead atoms. The highest BCUT2D eigenvalue weighted by atomic mass is 16.1. The van der Waals surface area contributed by atoms with Crippen molar-refractivity contribution in [3.63, 3.8) is 0 Å². The van der Waals surface area contributed by atoms with Crippen LogP contribution >= 0.6 is 0 Å². The average Bonchev–Trinajstić information content (AvgIpc) is 2.01. The number of amides is 1. The van der Waals surface area contributed by atoms with E-state index in [9.17, 15) is 9.59 Å². The minimum atomic E-state index is 0.0850. The molecule has 1 amide bonds. The molecule has 0 aromatic rings. The van der Waals surface area contributed by atoms with Crippen molar-refractivity contribution < 1.29 is 9.59 Å². The molecule has 0 aliphatic heterocycles. The van der Waals surface area contributed by atoms with E-state index in [1.165, 1.54) is 6.41 Å². The fourth-order valence-electron chi connectivity index (χ4n) is 0.795. The summed E-state index contributed by atoms with van der Waals surface area (Å²) in [4.78, 5) is 20.5. The Bertz CT molecular complexity index is 123. The first kappa shape index (κ1) is 10.1. The summed E-state index contributed by atoms with van der Waals surface area (Å²) in [5, 5.41) is 2.22. The molecule has 0 unspecified atom stereocenters. The number of hydrogen-bond donors (Lipinski definition) is 1. The van der Waals surface area contributed by atoms with Gasteiger partial charge in [0.15, 0.2) is 5.78 Å². The van der Waals surface area contributed by atoms with Gasteiger partial charge in [-0.15, -0.1) is 0 Å². The predicted octanol–water partition coefficient (Wildman–Crippen LogP) is 0.793. The maximum Gasteiger partial charge on any atom is 0.309 e. The van der Waals surface area contributed by atoms with Crippen molar-refractivity contribution in [1.29, 1.82) is 0 Å². The molecular formula is C8H14NO2. The van der Waals surface area contributed by atoms with Crippen LogP contribution < -0.4 is 5.32 Å². The van der Waals surface area contributed by atoms with E-state index in [0.29, 0.717) is 6.42 Å². The number of nitrogens with one attached hydrogen (secondary N) is 1. The van der Waals surface area contributed by atoms with Crippen LogP contribution in [0.25, 0.3) is 0 Å². The molecule has 1 N–H and O–H groups in total. The van der Waals surface area contributed by atoms with Crippen LogP contribution in [0.5, 0.6) is 0 Å². The molecule has 0 aromatic carbocycles. The third-order valence-electron chi connectivity index (χ3n) is 1.42. The highest BCUT2D eigenvalue weighted by Crippen LogP contribution is 1.98. The summed E-state index contributed by atoms with van der Waals surface area (Å²) in [7, 11) is 0. The average molecular weight is 156 g/mol. The lowest BCUT2D eigenvalue weighted by atomic mass is 10.1. The number of hydrogen-bond acceptors (Lipinski definition) is 2. The monoisotopic (exact) mass is 156 g/mol. The minimum Gasteiger partial charge on any atom is -0.341 e. The summed E-state index contributed by atoms with van der Waals surface area (Å²) >= 11 is 0. The van der Waals surface area contributed by atoms with E-state index in [1.807, 2.05) is 0 Å². The van der Waals surface area contributed by atoms with Gasteiger partial charge in [0.1, 0.15) is 0 Å². The van der Waals surface area contributed by atoms with E-state index < -0.39 is 0 Å². The second-order valence-electron chi connectivity index (χ2n) is 2.45. The van der Waals surface area contributed by atoms with Crippen molar-refractivity contribution in [3.8, 4) is 0 Å². The van der Waals surface area contributed by atoms with Crippen molar-refractivity contribution in [2.24, 2.45) is 0 Å². The van der Waals surface area contributed by atoms with E-state index in [1.54, 1.807) is 0 Å². The Morgan fingerprint density at radius 2 is 2.18 bits per heavy atom. The molecule has 3 heteroatoms. The molecule has 1 radical (unpaired) electrons. The van der Waals surface area contributed by atoms with Crippen LogP contribution in [-0.4, -0.2) is 18.7 Å². The first-order valence-electron chi connectivity index (χ1n) is 3.93. The third-order valence-corrected chi connectivity index (χ3v) is 1.42. The van der Waals surface area contributed by atoms with E-state index in [2.05, 4.69) is 12.2 Å². The Balaban J connectivity index is 3.15. The second kappa shape index (κ2) is 7.25. The maximum atomic E-state index is 10.8. The topological polar surface area (TPSA) is 46.2 Å². The van der Waals surface area contributed by atoms with Crippen LogP contribution in [-0.2, 0) is 9.59 Å². The Hall–Kier alpha value is -0.860. The molecule has 0 fully saturated rings. The van der Waals surface area contributed by atoms with E-state index in [-0.39, 0.29) is 12.3 Å². The molecule has 0 spiro atoms. The Morgan fingerprint density at radius 1 is 1.45 bits per heavy atom. The van der Waals surface area contributed by atoms with Gasteiger partial charge in [-0.2, -0.15) is 0 Å². The van der Waals surface area contributed by atoms with Crippen LogP contribution in [0.2, 0.25) is 0 Å². The van der Waals surface area contributed by atoms with Gasteiger partial charge in [-0.05, 0) is 6.42 Å². The largest absolute Gasteiger partial charge is 0.341 e. The predicted molar refractivity (Wildman–Crippen MR) is 42.8 cm³/mol. The molecule has 0 aromatic heterocycles. The van der Waals surface area contributed by atoms with E-state index in [4.69, 9.17) is 0 Å². The highest BCUT2D eigenvalue weighted by Gasteiger charge is 1.98. The van der Waals surface area contributed by atoms with Gasteiger partial charge >= 0.3 is 6.41 Å². The molecule has 63 valence electrons. The molecule has 0 aliphatic rings. The van der Waals surface area contributed by atoms with Crippen LogP contribution in [0.15, 0.2) is 0 Å². The molecule has 3 nitrogen and oxygen atoms in total. The van der Waals surface area contributed by atoms with Crippen LogP contribution in [0.4, 0.5) is 0 Å². The minimum absolute atomic E-state index is 0.0850. The standard InChI is InChI=1S/C8H14NO2/c1-2-3-4-5-8(11)6-9-7-10/h2-6H2,1H3,(H,9,10). The molecule has 0 aliphatic carbocycles.